The van der Waals surface area contributed by atoms with Crippen LogP contribution in [-0.2, 0) is 11.8 Å². The normalized spacial score (nSPS) is 10.9. The Bertz CT molecular complexity index is 842. The predicted molar refractivity (Wildman–Crippen MR) is 90.4 cm³/mol. The Morgan fingerprint density at radius 1 is 1.39 bits per heavy atom. The van der Waals surface area contributed by atoms with Crippen LogP contribution in [0, 0.1) is 6.92 Å². The van der Waals surface area contributed by atoms with Gasteiger partial charge in [-0.2, -0.15) is 0 Å². The van der Waals surface area contributed by atoms with Crippen LogP contribution in [0.5, 0.6) is 0 Å². The SMILES string of the molecule is Cc1nnc(NC(=O)CSc2nnc(-c3ccc(Br)o3)n2C)s1. The second-order valence-electron chi connectivity index (χ2n) is 4.43. The summed E-state index contributed by atoms with van der Waals surface area (Å²) in [7, 11) is 1.82. The molecule has 0 unspecified atom stereocenters. The van der Waals surface area contributed by atoms with Gasteiger partial charge in [-0.25, -0.2) is 0 Å². The monoisotopic (exact) mass is 414 g/mol. The van der Waals surface area contributed by atoms with Crippen molar-refractivity contribution in [1.29, 1.82) is 0 Å². The smallest absolute Gasteiger partial charge is 0.236 e. The molecular formula is C12H11BrN6O2S2. The quantitative estimate of drug-likeness (QED) is 0.640. The average Bonchev–Trinajstić information content (AvgIpc) is 3.19. The van der Waals surface area contributed by atoms with Crippen LogP contribution in [0.15, 0.2) is 26.4 Å². The van der Waals surface area contributed by atoms with Gasteiger partial charge in [0.05, 0.1) is 5.75 Å². The van der Waals surface area contributed by atoms with E-state index in [4.69, 9.17) is 4.42 Å². The van der Waals surface area contributed by atoms with E-state index >= 15 is 0 Å². The Labute approximate surface area is 147 Å². The van der Waals surface area contributed by atoms with Crippen molar-refractivity contribution in [2.75, 3.05) is 11.1 Å². The molecule has 0 bridgehead atoms. The largest absolute Gasteiger partial charge is 0.446 e. The van der Waals surface area contributed by atoms with Gasteiger partial charge in [-0.3, -0.25) is 10.1 Å². The predicted octanol–water partition coefficient (Wildman–Crippen LogP) is 2.73. The van der Waals surface area contributed by atoms with Crippen LogP contribution in [-0.4, -0.2) is 36.6 Å². The molecule has 11 heteroatoms. The fraction of sp³-hybridized carbons (Fsp3) is 0.250. The minimum absolute atomic E-state index is 0.170. The molecule has 0 spiro atoms. The summed E-state index contributed by atoms with van der Waals surface area (Å²) in [5.41, 5.74) is 0. The minimum Gasteiger partial charge on any atom is -0.446 e. The molecule has 0 aliphatic rings. The minimum atomic E-state index is -0.170. The molecule has 23 heavy (non-hydrogen) atoms. The summed E-state index contributed by atoms with van der Waals surface area (Å²) >= 11 is 5.87. The van der Waals surface area contributed by atoms with Gasteiger partial charge in [0.25, 0.3) is 0 Å². The fourth-order valence-electron chi connectivity index (χ4n) is 1.72. The topological polar surface area (TPSA) is 98.7 Å². The van der Waals surface area contributed by atoms with Crippen molar-refractivity contribution >= 4 is 50.1 Å². The summed E-state index contributed by atoms with van der Waals surface area (Å²) in [4.78, 5) is 11.9. The van der Waals surface area contributed by atoms with Crippen LogP contribution in [0.3, 0.4) is 0 Å². The number of amides is 1. The van der Waals surface area contributed by atoms with Gasteiger partial charge >= 0.3 is 0 Å². The van der Waals surface area contributed by atoms with E-state index in [9.17, 15) is 4.79 Å². The highest BCUT2D eigenvalue weighted by atomic mass is 79.9. The molecule has 0 aromatic carbocycles. The number of halogens is 1. The van der Waals surface area contributed by atoms with Crippen molar-refractivity contribution in [2.45, 2.75) is 12.1 Å². The second-order valence-corrected chi connectivity index (χ2v) is 7.34. The molecule has 0 fully saturated rings. The first-order valence-corrected chi connectivity index (χ1v) is 9.00. The van der Waals surface area contributed by atoms with Gasteiger partial charge in [0, 0.05) is 7.05 Å². The summed E-state index contributed by atoms with van der Waals surface area (Å²) in [5, 5.41) is 20.5. The number of carbonyl (C=O) groups excluding carboxylic acids is 1. The Morgan fingerprint density at radius 3 is 2.87 bits per heavy atom. The summed E-state index contributed by atoms with van der Waals surface area (Å²) in [6.07, 6.45) is 0. The zero-order valence-corrected chi connectivity index (χ0v) is 15.3. The number of thioether (sulfide) groups is 1. The molecule has 120 valence electrons. The molecule has 0 saturated heterocycles. The van der Waals surface area contributed by atoms with Crippen molar-refractivity contribution in [3.8, 4) is 11.6 Å². The third kappa shape index (κ3) is 3.79. The summed E-state index contributed by atoms with van der Waals surface area (Å²) in [6.45, 7) is 1.83. The van der Waals surface area contributed by atoms with Gasteiger partial charge in [0.1, 0.15) is 5.01 Å². The number of rotatable bonds is 5. The van der Waals surface area contributed by atoms with Gasteiger partial charge < -0.3 is 8.98 Å². The van der Waals surface area contributed by atoms with Crippen LogP contribution in [0.1, 0.15) is 5.01 Å². The summed E-state index contributed by atoms with van der Waals surface area (Å²) in [6, 6.07) is 3.58. The standard InChI is InChI=1S/C12H11BrN6O2S2/c1-6-15-17-11(23-6)14-9(20)5-22-12-18-16-10(19(12)2)7-3-4-8(13)21-7/h3-4H,5H2,1-2H3,(H,14,17,20). The van der Waals surface area contributed by atoms with Crippen LogP contribution in [0.2, 0.25) is 0 Å². The molecule has 0 atom stereocenters. The molecule has 0 saturated carbocycles. The number of anilines is 1. The lowest BCUT2D eigenvalue weighted by atomic mass is 10.4. The third-order valence-corrected chi connectivity index (χ3v) is 4.93. The van der Waals surface area contributed by atoms with E-state index in [1.807, 2.05) is 14.0 Å². The van der Waals surface area contributed by atoms with E-state index in [-0.39, 0.29) is 11.7 Å². The molecule has 3 rings (SSSR count). The second kappa shape index (κ2) is 6.81. The third-order valence-electron chi connectivity index (χ3n) is 2.73. The van der Waals surface area contributed by atoms with Crippen molar-refractivity contribution < 1.29 is 9.21 Å². The first kappa shape index (κ1) is 16.1. The number of aromatic nitrogens is 5. The highest BCUT2D eigenvalue weighted by molar-refractivity contribution is 9.10. The lowest BCUT2D eigenvalue weighted by molar-refractivity contribution is -0.113. The van der Waals surface area contributed by atoms with Crippen LogP contribution < -0.4 is 5.32 Å². The van der Waals surface area contributed by atoms with Gasteiger partial charge in [-0.15, -0.1) is 20.4 Å². The van der Waals surface area contributed by atoms with E-state index in [0.717, 1.165) is 5.01 Å². The first-order valence-electron chi connectivity index (χ1n) is 6.41. The summed E-state index contributed by atoms with van der Waals surface area (Å²) in [5.74, 6) is 1.23. The fourth-order valence-corrected chi connectivity index (χ4v) is 3.35. The number of furan rings is 1. The van der Waals surface area contributed by atoms with E-state index in [0.29, 0.717) is 26.5 Å². The van der Waals surface area contributed by atoms with Crippen molar-refractivity contribution in [3.05, 3.63) is 21.8 Å². The van der Waals surface area contributed by atoms with Gasteiger partial charge in [-0.1, -0.05) is 23.1 Å². The molecule has 3 heterocycles. The van der Waals surface area contributed by atoms with Crippen molar-refractivity contribution in [1.82, 2.24) is 25.0 Å². The highest BCUT2D eigenvalue weighted by Crippen LogP contribution is 2.26. The molecule has 3 aromatic heterocycles. The Hall–Kier alpha value is -1.72. The lowest BCUT2D eigenvalue weighted by Gasteiger charge is -2.02. The number of hydrogen-bond acceptors (Lipinski definition) is 8. The molecule has 1 N–H and O–H groups in total. The summed E-state index contributed by atoms with van der Waals surface area (Å²) < 4.78 is 7.86. The maximum atomic E-state index is 11.9. The van der Waals surface area contributed by atoms with Crippen LogP contribution in [0.4, 0.5) is 5.13 Å². The number of hydrogen-bond donors (Lipinski definition) is 1. The van der Waals surface area contributed by atoms with Crippen LogP contribution in [0.25, 0.3) is 11.6 Å². The van der Waals surface area contributed by atoms with Crippen molar-refractivity contribution in [3.63, 3.8) is 0 Å². The number of nitrogens with one attached hydrogen (secondary N) is 1. The maximum absolute atomic E-state index is 11.9. The molecule has 0 aliphatic carbocycles. The Kier molecular flexibility index (Phi) is 4.78. The van der Waals surface area contributed by atoms with Crippen molar-refractivity contribution in [2.24, 2.45) is 7.05 Å². The zero-order chi connectivity index (χ0) is 16.4. The zero-order valence-electron chi connectivity index (χ0n) is 12.1. The van der Waals surface area contributed by atoms with E-state index in [1.54, 1.807) is 16.7 Å². The lowest BCUT2D eigenvalue weighted by Crippen LogP contribution is -2.14. The van der Waals surface area contributed by atoms with E-state index < -0.39 is 0 Å². The van der Waals surface area contributed by atoms with Gasteiger partial charge in [0.2, 0.25) is 11.0 Å². The number of aryl methyl sites for hydroxylation is 1. The van der Waals surface area contributed by atoms with Gasteiger partial charge in [0.15, 0.2) is 21.4 Å². The molecule has 0 radical (unpaired) electrons. The highest BCUT2D eigenvalue weighted by Gasteiger charge is 2.16. The molecule has 1 amide bonds. The number of carbonyl (C=O) groups is 1. The molecule has 3 aromatic rings. The van der Waals surface area contributed by atoms with Crippen LogP contribution >= 0.6 is 39.0 Å². The Balaban J connectivity index is 1.62. The van der Waals surface area contributed by atoms with E-state index in [2.05, 4.69) is 41.6 Å². The molecular weight excluding hydrogens is 404 g/mol. The van der Waals surface area contributed by atoms with E-state index in [1.165, 1.54) is 23.1 Å². The Morgan fingerprint density at radius 2 is 2.22 bits per heavy atom. The maximum Gasteiger partial charge on any atom is 0.236 e. The molecule has 0 aliphatic heterocycles. The number of nitrogens with zero attached hydrogens (tertiary/aromatic N) is 5. The first-order chi connectivity index (χ1) is 11.0. The average molecular weight is 415 g/mol. The van der Waals surface area contributed by atoms with Gasteiger partial charge in [-0.05, 0) is 35.0 Å². The molecule has 8 nitrogen and oxygen atoms in total.